The minimum atomic E-state index is -0.218. The summed E-state index contributed by atoms with van der Waals surface area (Å²) in [6, 6.07) is 4.74. The second-order valence-electron chi connectivity index (χ2n) is 4.35. The van der Waals surface area contributed by atoms with Crippen molar-refractivity contribution in [1.29, 1.82) is 0 Å². The molecule has 100 valence electrons. The average molecular weight is 252 g/mol. The Bertz CT molecular complexity index is 393. The van der Waals surface area contributed by atoms with E-state index in [-0.39, 0.29) is 11.7 Å². The van der Waals surface area contributed by atoms with Gasteiger partial charge in [-0.3, -0.25) is 4.79 Å². The van der Waals surface area contributed by atoms with Crippen molar-refractivity contribution in [3.8, 4) is 0 Å². The van der Waals surface area contributed by atoms with Gasteiger partial charge in [-0.05, 0) is 49.6 Å². The standard InChI is InChI=1S/C14H21FN2O/c1-3-7-16-10-14(18)17-8-6-12-4-5-13(15)9-11(12)2/h4-5,9,16H,3,6-8,10H2,1-2H3,(H,17,18). The Labute approximate surface area is 108 Å². The second-order valence-corrected chi connectivity index (χ2v) is 4.35. The Balaban J connectivity index is 2.26. The summed E-state index contributed by atoms with van der Waals surface area (Å²) in [6.07, 6.45) is 1.74. The first kappa shape index (κ1) is 14.6. The van der Waals surface area contributed by atoms with E-state index in [1.54, 1.807) is 6.07 Å². The fourth-order valence-electron chi connectivity index (χ4n) is 1.72. The SMILES string of the molecule is CCCNCC(=O)NCCc1ccc(F)cc1C. The van der Waals surface area contributed by atoms with Gasteiger partial charge in [0.25, 0.3) is 0 Å². The van der Waals surface area contributed by atoms with Gasteiger partial charge in [0, 0.05) is 6.54 Å². The van der Waals surface area contributed by atoms with E-state index in [0.717, 1.165) is 30.5 Å². The summed E-state index contributed by atoms with van der Waals surface area (Å²) in [6.45, 7) is 5.73. The summed E-state index contributed by atoms with van der Waals surface area (Å²) < 4.78 is 12.9. The van der Waals surface area contributed by atoms with Gasteiger partial charge < -0.3 is 10.6 Å². The van der Waals surface area contributed by atoms with Gasteiger partial charge in [-0.2, -0.15) is 0 Å². The number of hydrogen-bond donors (Lipinski definition) is 2. The molecule has 0 spiro atoms. The largest absolute Gasteiger partial charge is 0.355 e. The predicted octanol–water partition coefficient (Wildman–Crippen LogP) is 1.79. The third-order valence-corrected chi connectivity index (χ3v) is 2.73. The molecule has 18 heavy (non-hydrogen) atoms. The first-order valence-corrected chi connectivity index (χ1v) is 6.36. The highest BCUT2D eigenvalue weighted by Crippen LogP contribution is 2.10. The second kappa shape index (κ2) is 7.82. The number of aryl methyl sites for hydroxylation is 1. The van der Waals surface area contributed by atoms with Crippen molar-refractivity contribution in [3.05, 3.63) is 35.1 Å². The van der Waals surface area contributed by atoms with Crippen molar-refractivity contribution >= 4 is 5.91 Å². The van der Waals surface area contributed by atoms with E-state index < -0.39 is 0 Å². The summed E-state index contributed by atoms with van der Waals surface area (Å²) in [5.41, 5.74) is 1.99. The Morgan fingerprint density at radius 3 is 2.78 bits per heavy atom. The van der Waals surface area contributed by atoms with Crippen LogP contribution in [0.4, 0.5) is 4.39 Å². The molecule has 0 saturated heterocycles. The van der Waals surface area contributed by atoms with E-state index in [2.05, 4.69) is 17.6 Å². The van der Waals surface area contributed by atoms with Crippen LogP contribution in [0.25, 0.3) is 0 Å². The normalized spacial score (nSPS) is 10.4. The quantitative estimate of drug-likeness (QED) is 0.726. The number of carbonyl (C=O) groups excluding carboxylic acids is 1. The Morgan fingerprint density at radius 2 is 2.11 bits per heavy atom. The van der Waals surface area contributed by atoms with Gasteiger partial charge in [0.1, 0.15) is 5.82 Å². The van der Waals surface area contributed by atoms with Crippen LogP contribution in [-0.2, 0) is 11.2 Å². The highest BCUT2D eigenvalue weighted by atomic mass is 19.1. The van der Waals surface area contributed by atoms with Crippen LogP contribution in [0.15, 0.2) is 18.2 Å². The number of carbonyl (C=O) groups is 1. The van der Waals surface area contributed by atoms with Gasteiger partial charge in [0.05, 0.1) is 6.54 Å². The van der Waals surface area contributed by atoms with Crippen LogP contribution in [0.3, 0.4) is 0 Å². The molecule has 4 heteroatoms. The molecule has 0 atom stereocenters. The predicted molar refractivity (Wildman–Crippen MR) is 71.0 cm³/mol. The van der Waals surface area contributed by atoms with E-state index in [4.69, 9.17) is 0 Å². The average Bonchev–Trinajstić information content (AvgIpc) is 2.32. The first-order chi connectivity index (χ1) is 8.63. The van der Waals surface area contributed by atoms with Crippen LogP contribution in [-0.4, -0.2) is 25.5 Å². The lowest BCUT2D eigenvalue weighted by molar-refractivity contribution is -0.120. The molecule has 2 N–H and O–H groups in total. The molecular formula is C14H21FN2O. The number of amides is 1. The van der Waals surface area contributed by atoms with Crippen LogP contribution < -0.4 is 10.6 Å². The molecule has 1 aromatic rings. The van der Waals surface area contributed by atoms with E-state index in [1.165, 1.54) is 12.1 Å². The number of rotatable bonds is 7. The van der Waals surface area contributed by atoms with Crippen LogP contribution in [0.2, 0.25) is 0 Å². The fourth-order valence-corrected chi connectivity index (χ4v) is 1.72. The Kier molecular flexibility index (Phi) is 6.36. The zero-order valence-corrected chi connectivity index (χ0v) is 11.1. The lowest BCUT2D eigenvalue weighted by Gasteiger charge is -2.08. The minimum Gasteiger partial charge on any atom is -0.355 e. The molecule has 1 amide bonds. The third kappa shape index (κ3) is 5.27. The summed E-state index contributed by atoms with van der Waals surface area (Å²) >= 11 is 0. The number of halogens is 1. The molecule has 0 saturated carbocycles. The van der Waals surface area contributed by atoms with Crippen LogP contribution in [0.5, 0.6) is 0 Å². The van der Waals surface area contributed by atoms with Gasteiger partial charge in [0.15, 0.2) is 0 Å². The Morgan fingerprint density at radius 1 is 1.33 bits per heavy atom. The summed E-state index contributed by atoms with van der Waals surface area (Å²) in [5, 5.41) is 5.88. The van der Waals surface area contributed by atoms with Gasteiger partial charge in [-0.15, -0.1) is 0 Å². The molecule has 0 aliphatic rings. The van der Waals surface area contributed by atoms with Crippen molar-refractivity contribution < 1.29 is 9.18 Å². The molecule has 0 unspecified atom stereocenters. The highest BCUT2D eigenvalue weighted by molar-refractivity contribution is 5.77. The Hall–Kier alpha value is -1.42. The third-order valence-electron chi connectivity index (χ3n) is 2.73. The van der Waals surface area contributed by atoms with Crippen molar-refractivity contribution in [2.24, 2.45) is 0 Å². The van der Waals surface area contributed by atoms with E-state index in [9.17, 15) is 9.18 Å². The molecule has 0 aliphatic heterocycles. The zero-order chi connectivity index (χ0) is 13.4. The first-order valence-electron chi connectivity index (χ1n) is 6.36. The van der Waals surface area contributed by atoms with E-state index in [1.807, 2.05) is 6.92 Å². The smallest absolute Gasteiger partial charge is 0.233 e. The minimum absolute atomic E-state index is 0.00298. The van der Waals surface area contributed by atoms with Crippen molar-refractivity contribution in [1.82, 2.24) is 10.6 Å². The highest BCUT2D eigenvalue weighted by Gasteiger charge is 2.02. The maximum atomic E-state index is 12.9. The van der Waals surface area contributed by atoms with Crippen LogP contribution in [0.1, 0.15) is 24.5 Å². The number of nitrogens with one attached hydrogen (secondary N) is 2. The van der Waals surface area contributed by atoms with E-state index in [0.29, 0.717) is 13.1 Å². The molecule has 0 fully saturated rings. The topological polar surface area (TPSA) is 41.1 Å². The van der Waals surface area contributed by atoms with Gasteiger partial charge in [-0.1, -0.05) is 13.0 Å². The maximum absolute atomic E-state index is 12.9. The monoisotopic (exact) mass is 252 g/mol. The molecular weight excluding hydrogens is 231 g/mol. The number of hydrogen-bond acceptors (Lipinski definition) is 2. The van der Waals surface area contributed by atoms with Crippen molar-refractivity contribution in [3.63, 3.8) is 0 Å². The van der Waals surface area contributed by atoms with Crippen LogP contribution in [0, 0.1) is 12.7 Å². The van der Waals surface area contributed by atoms with Gasteiger partial charge in [0.2, 0.25) is 5.91 Å². The zero-order valence-electron chi connectivity index (χ0n) is 11.1. The molecule has 0 aliphatic carbocycles. The molecule has 3 nitrogen and oxygen atoms in total. The molecule has 1 rings (SSSR count). The van der Waals surface area contributed by atoms with Gasteiger partial charge >= 0.3 is 0 Å². The van der Waals surface area contributed by atoms with E-state index >= 15 is 0 Å². The maximum Gasteiger partial charge on any atom is 0.233 e. The summed E-state index contributed by atoms with van der Waals surface area (Å²) in [5.74, 6) is -0.215. The van der Waals surface area contributed by atoms with Crippen molar-refractivity contribution in [2.75, 3.05) is 19.6 Å². The van der Waals surface area contributed by atoms with Gasteiger partial charge in [-0.25, -0.2) is 4.39 Å². The lowest BCUT2D eigenvalue weighted by Crippen LogP contribution is -2.35. The molecule has 0 aromatic heterocycles. The molecule has 0 radical (unpaired) electrons. The fraction of sp³-hybridized carbons (Fsp3) is 0.500. The molecule has 1 aromatic carbocycles. The summed E-state index contributed by atoms with van der Waals surface area (Å²) in [7, 11) is 0. The van der Waals surface area contributed by atoms with Crippen LogP contribution >= 0.6 is 0 Å². The molecule has 0 heterocycles. The van der Waals surface area contributed by atoms with Crippen molar-refractivity contribution in [2.45, 2.75) is 26.7 Å². The molecule has 0 bridgehead atoms. The number of benzene rings is 1. The lowest BCUT2D eigenvalue weighted by atomic mass is 10.1. The summed E-state index contributed by atoms with van der Waals surface area (Å²) in [4.78, 5) is 11.4.